The summed E-state index contributed by atoms with van der Waals surface area (Å²) in [5, 5.41) is 4.40. The van der Waals surface area contributed by atoms with Crippen molar-refractivity contribution in [1.29, 1.82) is 0 Å². The molecule has 45 heavy (non-hydrogen) atoms. The molecule has 2 aromatic heterocycles. The standard InChI is InChI=1S/C37H36N6O2/c1-27-23-33(41(2)40-27)17-18-35(44)43(25-29-13-15-31(16-14-29)36-38-20-8-21-39-36)34(24-28-9-4-3-5-10-28)37(45)42-22-19-30-11-6-7-12-32(30)26-42/h3-18,20-21,23,34H,19,22,24-26H2,1-2H3/t34-/m0/s1. The highest BCUT2D eigenvalue weighted by atomic mass is 16.2. The number of hydrogen-bond acceptors (Lipinski definition) is 5. The predicted octanol–water partition coefficient (Wildman–Crippen LogP) is 5.42. The lowest BCUT2D eigenvalue weighted by atomic mass is 9.97. The van der Waals surface area contributed by atoms with Crippen LogP contribution >= 0.6 is 0 Å². The zero-order valence-corrected chi connectivity index (χ0v) is 25.6. The second kappa shape index (κ2) is 13.5. The van der Waals surface area contributed by atoms with Crippen molar-refractivity contribution in [3.05, 3.63) is 143 Å². The molecule has 8 heteroatoms. The summed E-state index contributed by atoms with van der Waals surface area (Å²) in [5.74, 6) is 0.339. The van der Waals surface area contributed by atoms with E-state index in [2.05, 4.69) is 27.2 Å². The van der Waals surface area contributed by atoms with Crippen molar-refractivity contribution in [1.82, 2.24) is 29.5 Å². The van der Waals surface area contributed by atoms with Crippen molar-refractivity contribution in [3.8, 4) is 11.4 Å². The smallest absolute Gasteiger partial charge is 0.247 e. The van der Waals surface area contributed by atoms with Crippen LogP contribution in [0.2, 0.25) is 0 Å². The quantitative estimate of drug-likeness (QED) is 0.212. The summed E-state index contributed by atoms with van der Waals surface area (Å²) in [7, 11) is 1.85. The summed E-state index contributed by atoms with van der Waals surface area (Å²) >= 11 is 0. The van der Waals surface area contributed by atoms with E-state index in [9.17, 15) is 9.59 Å². The van der Waals surface area contributed by atoms with Gasteiger partial charge in [0.15, 0.2) is 5.82 Å². The largest absolute Gasteiger partial charge is 0.336 e. The molecule has 0 spiro atoms. The minimum Gasteiger partial charge on any atom is -0.336 e. The Morgan fingerprint density at radius 1 is 0.889 bits per heavy atom. The first-order valence-corrected chi connectivity index (χ1v) is 15.2. The van der Waals surface area contributed by atoms with Gasteiger partial charge in [-0.2, -0.15) is 5.10 Å². The molecule has 0 saturated heterocycles. The highest BCUT2D eigenvalue weighted by molar-refractivity contribution is 5.95. The summed E-state index contributed by atoms with van der Waals surface area (Å²) < 4.78 is 1.74. The molecule has 1 aliphatic rings. The third kappa shape index (κ3) is 7.07. The van der Waals surface area contributed by atoms with E-state index in [0.29, 0.717) is 25.3 Å². The minimum atomic E-state index is -0.708. The lowest BCUT2D eigenvalue weighted by Gasteiger charge is -2.37. The van der Waals surface area contributed by atoms with Gasteiger partial charge in [-0.15, -0.1) is 0 Å². The van der Waals surface area contributed by atoms with Crippen LogP contribution in [0.5, 0.6) is 0 Å². The van der Waals surface area contributed by atoms with Crippen LogP contribution in [0.15, 0.2) is 109 Å². The van der Waals surface area contributed by atoms with Crippen LogP contribution in [-0.4, -0.2) is 53.9 Å². The van der Waals surface area contributed by atoms with Crippen molar-refractivity contribution in [2.45, 2.75) is 38.9 Å². The lowest BCUT2D eigenvalue weighted by molar-refractivity contribution is -0.144. The molecule has 3 heterocycles. The Morgan fingerprint density at radius 3 is 2.31 bits per heavy atom. The lowest BCUT2D eigenvalue weighted by Crippen LogP contribution is -2.52. The minimum absolute atomic E-state index is 0.0548. The normalized spacial score (nSPS) is 13.4. The Bertz CT molecular complexity index is 1800. The number of benzene rings is 3. The molecule has 1 atom stereocenters. The van der Waals surface area contributed by atoms with Crippen molar-refractivity contribution >= 4 is 17.9 Å². The van der Waals surface area contributed by atoms with Crippen LogP contribution in [0, 0.1) is 6.92 Å². The van der Waals surface area contributed by atoms with E-state index >= 15 is 0 Å². The molecule has 2 amide bonds. The maximum atomic E-state index is 14.5. The molecule has 8 nitrogen and oxygen atoms in total. The zero-order chi connectivity index (χ0) is 31.2. The summed E-state index contributed by atoms with van der Waals surface area (Å²) in [6, 6.07) is 29.0. The molecule has 3 aromatic carbocycles. The maximum absolute atomic E-state index is 14.5. The number of hydrogen-bond donors (Lipinski definition) is 0. The monoisotopic (exact) mass is 596 g/mol. The molecule has 0 unspecified atom stereocenters. The van der Waals surface area contributed by atoms with E-state index in [4.69, 9.17) is 0 Å². The number of carbonyl (C=O) groups excluding carboxylic acids is 2. The highest BCUT2D eigenvalue weighted by Crippen LogP contribution is 2.24. The molecule has 6 rings (SSSR count). The zero-order valence-electron chi connectivity index (χ0n) is 25.6. The number of rotatable bonds is 9. The van der Waals surface area contributed by atoms with Crippen LogP contribution in [0.25, 0.3) is 17.5 Å². The molecule has 226 valence electrons. The van der Waals surface area contributed by atoms with E-state index in [1.807, 2.05) is 91.7 Å². The number of fused-ring (bicyclic) bond motifs is 1. The molecule has 0 N–H and O–H groups in total. The first-order valence-electron chi connectivity index (χ1n) is 15.2. The fourth-order valence-corrected chi connectivity index (χ4v) is 5.85. The summed E-state index contributed by atoms with van der Waals surface area (Å²) in [4.78, 5) is 41.0. The average Bonchev–Trinajstić information content (AvgIpc) is 3.41. The van der Waals surface area contributed by atoms with Gasteiger partial charge in [0.2, 0.25) is 11.8 Å². The van der Waals surface area contributed by atoms with E-state index in [0.717, 1.165) is 40.1 Å². The SMILES string of the molecule is Cc1cc(C=CC(=O)N(Cc2ccc(-c3ncccn3)cc2)[C@@H](Cc2ccccc2)C(=O)N2CCc3ccccc3C2)n(C)n1. The van der Waals surface area contributed by atoms with Gasteiger partial charge >= 0.3 is 0 Å². The molecule has 0 bridgehead atoms. The molecule has 5 aromatic rings. The Labute approximate surface area is 263 Å². The van der Waals surface area contributed by atoms with Gasteiger partial charge in [-0.05, 0) is 53.8 Å². The van der Waals surface area contributed by atoms with Crippen LogP contribution in [0.1, 0.15) is 33.6 Å². The van der Waals surface area contributed by atoms with E-state index in [1.54, 1.807) is 40.2 Å². The Balaban J connectivity index is 1.35. The third-order valence-electron chi connectivity index (χ3n) is 8.22. The summed E-state index contributed by atoms with van der Waals surface area (Å²) in [6.07, 6.45) is 7.94. The average molecular weight is 597 g/mol. The van der Waals surface area contributed by atoms with Gasteiger partial charge in [0, 0.05) is 57.1 Å². The Hall–Kier alpha value is -5.37. The molecule has 0 saturated carbocycles. The van der Waals surface area contributed by atoms with Crippen LogP contribution < -0.4 is 0 Å². The van der Waals surface area contributed by atoms with Crippen molar-refractivity contribution in [2.75, 3.05) is 6.54 Å². The van der Waals surface area contributed by atoms with Crippen LogP contribution in [0.3, 0.4) is 0 Å². The highest BCUT2D eigenvalue weighted by Gasteiger charge is 2.34. The first kappa shape index (κ1) is 29.7. The molecule has 0 fully saturated rings. The van der Waals surface area contributed by atoms with Gasteiger partial charge in [0.1, 0.15) is 6.04 Å². The van der Waals surface area contributed by atoms with E-state index < -0.39 is 6.04 Å². The van der Waals surface area contributed by atoms with E-state index in [-0.39, 0.29) is 18.4 Å². The number of amides is 2. The van der Waals surface area contributed by atoms with Crippen LogP contribution in [0.4, 0.5) is 0 Å². The maximum Gasteiger partial charge on any atom is 0.247 e. The fraction of sp³-hybridized carbons (Fsp3) is 0.216. The number of nitrogens with zero attached hydrogens (tertiary/aromatic N) is 6. The van der Waals surface area contributed by atoms with Gasteiger partial charge in [0.05, 0.1) is 11.4 Å². The third-order valence-corrected chi connectivity index (χ3v) is 8.22. The van der Waals surface area contributed by atoms with Gasteiger partial charge in [-0.1, -0.05) is 78.9 Å². The van der Waals surface area contributed by atoms with E-state index in [1.165, 1.54) is 5.56 Å². The number of carbonyl (C=O) groups is 2. The van der Waals surface area contributed by atoms with Gasteiger partial charge in [0.25, 0.3) is 0 Å². The summed E-state index contributed by atoms with van der Waals surface area (Å²) in [5.41, 5.74) is 6.88. The fourth-order valence-electron chi connectivity index (χ4n) is 5.85. The predicted molar refractivity (Wildman–Crippen MR) is 174 cm³/mol. The first-order chi connectivity index (χ1) is 21.9. The molecular weight excluding hydrogens is 560 g/mol. The number of aryl methyl sites for hydroxylation is 2. The number of aromatic nitrogens is 4. The molecule has 0 radical (unpaired) electrons. The van der Waals surface area contributed by atoms with Crippen molar-refractivity contribution in [3.63, 3.8) is 0 Å². The molecule has 0 aliphatic carbocycles. The van der Waals surface area contributed by atoms with Gasteiger partial charge in [-0.3, -0.25) is 14.3 Å². The second-order valence-corrected chi connectivity index (χ2v) is 11.4. The van der Waals surface area contributed by atoms with Gasteiger partial charge < -0.3 is 9.80 Å². The molecule has 1 aliphatic heterocycles. The Kier molecular flexibility index (Phi) is 8.91. The second-order valence-electron chi connectivity index (χ2n) is 11.4. The summed E-state index contributed by atoms with van der Waals surface area (Å²) in [6.45, 7) is 3.31. The van der Waals surface area contributed by atoms with Crippen LogP contribution in [-0.2, 0) is 42.6 Å². The van der Waals surface area contributed by atoms with Gasteiger partial charge in [-0.25, -0.2) is 9.97 Å². The van der Waals surface area contributed by atoms with Crippen molar-refractivity contribution < 1.29 is 9.59 Å². The van der Waals surface area contributed by atoms with Crippen molar-refractivity contribution in [2.24, 2.45) is 7.05 Å². The topological polar surface area (TPSA) is 84.2 Å². The Morgan fingerprint density at radius 2 is 1.60 bits per heavy atom. The molecular formula is C37H36N6O2.